The van der Waals surface area contributed by atoms with Crippen LogP contribution in [0.3, 0.4) is 0 Å². The Morgan fingerprint density at radius 2 is 2.03 bits per heavy atom. The van der Waals surface area contributed by atoms with Gasteiger partial charge >= 0.3 is 0 Å². The van der Waals surface area contributed by atoms with E-state index in [9.17, 15) is 4.79 Å². The van der Waals surface area contributed by atoms with E-state index in [0.29, 0.717) is 24.5 Å². The Hall–Kier alpha value is -3.42. The van der Waals surface area contributed by atoms with Gasteiger partial charge in [0.1, 0.15) is 11.4 Å². The van der Waals surface area contributed by atoms with Crippen LogP contribution >= 0.6 is 0 Å². The maximum Gasteiger partial charge on any atom is 0.259 e. The lowest BCUT2D eigenvalue weighted by Gasteiger charge is -2.20. The Morgan fingerprint density at radius 1 is 1.17 bits per heavy atom. The Labute approximate surface area is 169 Å². The molecule has 0 aromatic carbocycles. The molecular formula is C21H23N5O3. The maximum absolute atomic E-state index is 13.1. The third kappa shape index (κ3) is 3.53. The van der Waals surface area contributed by atoms with Crippen molar-refractivity contribution in [2.45, 2.75) is 19.4 Å². The van der Waals surface area contributed by atoms with Gasteiger partial charge in [0.2, 0.25) is 11.8 Å². The number of likely N-dealkylation sites (tertiary alicyclic amines) is 1. The average molecular weight is 393 g/mol. The first-order chi connectivity index (χ1) is 14.1. The smallest absolute Gasteiger partial charge is 0.259 e. The lowest BCUT2D eigenvalue weighted by Crippen LogP contribution is -2.30. The average Bonchev–Trinajstić information content (AvgIpc) is 3.40. The van der Waals surface area contributed by atoms with Crippen LogP contribution in [0.5, 0.6) is 11.8 Å². The molecule has 1 saturated heterocycles. The van der Waals surface area contributed by atoms with E-state index < -0.39 is 0 Å². The molecule has 1 amide bonds. The third-order valence-electron chi connectivity index (χ3n) is 5.18. The minimum absolute atomic E-state index is 0.0970. The number of methoxy groups -OCH3 is 2. The van der Waals surface area contributed by atoms with Gasteiger partial charge in [-0.25, -0.2) is 4.98 Å². The second kappa shape index (κ2) is 7.90. The standard InChI is InChI=1S/C21H23N5O3/c1-14-11-23-19(15-5-4-9-22-12-15)26(14)16-8-10-25(13-16)21(27)17-6-7-18(28-2)24-20(17)29-3/h4-7,9,11-12,16H,8,10,13H2,1-3H3. The van der Waals surface area contributed by atoms with E-state index in [0.717, 1.165) is 23.5 Å². The van der Waals surface area contributed by atoms with Crippen molar-refractivity contribution in [3.8, 4) is 23.1 Å². The number of ether oxygens (including phenoxy) is 2. The second-order valence-corrected chi connectivity index (χ2v) is 6.94. The van der Waals surface area contributed by atoms with Crippen molar-refractivity contribution in [2.24, 2.45) is 0 Å². The molecule has 1 aliphatic rings. The highest BCUT2D eigenvalue weighted by atomic mass is 16.5. The molecule has 1 fully saturated rings. The number of carbonyl (C=O) groups is 1. The minimum atomic E-state index is -0.0970. The number of hydrogen-bond donors (Lipinski definition) is 0. The van der Waals surface area contributed by atoms with Gasteiger partial charge in [-0.15, -0.1) is 0 Å². The fourth-order valence-electron chi connectivity index (χ4n) is 3.78. The zero-order valence-electron chi connectivity index (χ0n) is 16.7. The lowest BCUT2D eigenvalue weighted by molar-refractivity contribution is 0.0783. The van der Waals surface area contributed by atoms with E-state index in [1.165, 1.54) is 14.2 Å². The summed E-state index contributed by atoms with van der Waals surface area (Å²) in [5, 5.41) is 0. The van der Waals surface area contributed by atoms with Crippen LogP contribution in [0.25, 0.3) is 11.4 Å². The van der Waals surface area contributed by atoms with Gasteiger partial charge in [0, 0.05) is 49.0 Å². The zero-order valence-corrected chi connectivity index (χ0v) is 16.7. The number of pyridine rings is 2. The van der Waals surface area contributed by atoms with Crippen molar-refractivity contribution in [3.63, 3.8) is 0 Å². The first-order valence-electron chi connectivity index (χ1n) is 9.45. The van der Waals surface area contributed by atoms with E-state index in [2.05, 4.69) is 19.5 Å². The van der Waals surface area contributed by atoms with Crippen LogP contribution < -0.4 is 9.47 Å². The van der Waals surface area contributed by atoms with Crippen molar-refractivity contribution in [2.75, 3.05) is 27.3 Å². The van der Waals surface area contributed by atoms with E-state index in [4.69, 9.17) is 9.47 Å². The molecular weight excluding hydrogens is 370 g/mol. The van der Waals surface area contributed by atoms with Crippen LogP contribution in [0.4, 0.5) is 0 Å². The van der Waals surface area contributed by atoms with E-state index in [1.54, 1.807) is 18.3 Å². The monoisotopic (exact) mass is 393 g/mol. The molecule has 4 rings (SSSR count). The first kappa shape index (κ1) is 18.9. The number of amides is 1. The van der Waals surface area contributed by atoms with Crippen LogP contribution in [0.1, 0.15) is 28.5 Å². The van der Waals surface area contributed by atoms with Crippen molar-refractivity contribution in [3.05, 3.63) is 54.1 Å². The third-order valence-corrected chi connectivity index (χ3v) is 5.18. The maximum atomic E-state index is 13.1. The van der Waals surface area contributed by atoms with Gasteiger partial charge in [-0.1, -0.05) is 0 Å². The highest BCUT2D eigenvalue weighted by Crippen LogP contribution is 2.31. The van der Waals surface area contributed by atoms with Crippen LogP contribution in [0.15, 0.2) is 42.9 Å². The molecule has 0 aliphatic carbocycles. The molecule has 3 aromatic heterocycles. The van der Waals surface area contributed by atoms with Crippen LogP contribution in [-0.2, 0) is 0 Å². The Kier molecular flexibility index (Phi) is 5.16. The van der Waals surface area contributed by atoms with Crippen LogP contribution in [-0.4, -0.2) is 57.6 Å². The number of rotatable bonds is 5. The number of imidazole rings is 1. The number of nitrogens with zero attached hydrogens (tertiary/aromatic N) is 5. The summed E-state index contributed by atoms with van der Waals surface area (Å²) in [4.78, 5) is 28.0. The van der Waals surface area contributed by atoms with E-state index in [-0.39, 0.29) is 17.8 Å². The molecule has 150 valence electrons. The molecule has 0 N–H and O–H groups in total. The van der Waals surface area contributed by atoms with Gasteiger partial charge < -0.3 is 18.9 Å². The molecule has 0 saturated carbocycles. The van der Waals surface area contributed by atoms with Gasteiger partial charge in [-0.3, -0.25) is 9.78 Å². The molecule has 8 nitrogen and oxygen atoms in total. The van der Waals surface area contributed by atoms with Gasteiger partial charge in [0.15, 0.2) is 0 Å². The second-order valence-electron chi connectivity index (χ2n) is 6.94. The molecule has 3 aromatic rings. The topological polar surface area (TPSA) is 82.4 Å². The van der Waals surface area contributed by atoms with Crippen molar-refractivity contribution < 1.29 is 14.3 Å². The molecule has 1 atom stereocenters. The first-order valence-corrected chi connectivity index (χ1v) is 9.45. The summed E-state index contributed by atoms with van der Waals surface area (Å²) in [5.41, 5.74) is 2.46. The molecule has 1 unspecified atom stereocenters. The SMILES string of the molecule is COc1ccc(C(=O)N2CCC(n3c(C)cnc3-c3cccnc3)C2)c(OC)n1. The largest absolute Gasteiger partial charge is 0.481 e. The highest BCUT2D eigenvalue weighted by molar-refractivity contribution is 5.96. The van der Waals surface area contributed by atoms with Gasteiger partial charge in [0.25, 0.3) is 5.91 Å². The fourth-order valence-corrected chi connectivity index (χ4v) is 3.78. The molecule has 8 heteroatoms. The van der Waals surface area contributed by atoms with E-state index >= 15 is 0 Å². The van der Waals surface area contributed by atoms with Gasteiger partial charge in [-0.05, 0) is 31.5 Å². The highest BCUT2D eigenvalue weighted by Gasteiger charge is 2.31. The van der Waals surface area contributed by atoms with Crippen LogP contribution in [0.2, 0.25) is 0 Å². The number of aromatic nitrogens is 4. The Bertz CT molecular complexity index is 1020. The van der Waals surface area contributed by atoms with Crippen molar-refractivity contribution in [1.82, 2.24) is 24.4 Å². The molecule has 1 aliphatic heterocycles. The molecule has 0 bridgehead atoms. The van der Waals surface area contributed by atoms with Crippen molar-refractivity contribution >= 4 is 5.91 Å². The summed E-state index contributed by atoms with van der Waals surface area (Å²) in [7, 11) is 3.03. The van der Waals surface area contributed by atoms with Gasteiger partial charge in [0.05, 0.1) is 20.3 Å². The zero-order chi connectivity index (χ0) is 20.4. The summed E-state index contributed by atoms with van der Waals surface area (Å²) in [6.45, 7) is 3.29. The summed E-state index contributed by atoms with van der Waals surface area (Å²) >= 11 is 0. The molecule has 4 heterocycles. The normalized spacial score (nSPS) is 16.1. The van der Waals surface area contributed by atoms with Crippen LogP contribution in [0, 0.1) is 6.92 Å². The fraction of sp³-hybridized carbons (Fsp3) is 0.333. The summed E-state index contributed by atoms with van der Waals surface area (Å²) in [6.07, 6.45) is 6.27. The molecule has 0 radical (unpaired) electrons. The Morgan fingerprint density at radius 3 is 2.76 bits per heavy atom. The number of hydrogen-bond acceptors (Lipinski definition) is 6. The minimum Gasteiger partial charge on any atom is -0.481 e. The molecule has 0 spiro atoms. The molecule has 29 heavy (non-hydrogen) atoms. The number of carbonyl (C=O) groups excluding carboxylic acids is 1. The Balaban J connectivity index is 1.58. The van der Waals surface area contributed by atoms with E-state index in [1.807, 2.05) is 36.4 Å². The van der Waals surface area contributed by atoms with Gasteiger partial charge in [-0.2, -0.15) is 4.98 Å². The predicted octanol–water partition coefficient (Wildman–Crippen LogP) is 2.75. The van der Waals surface area contributed by atoms with Crippen molar-refractivity contribution in [1.29, 1.82) is 0 Å². The lowest BCUT2D eigenvalue weighted by atomic mass is 10.2. The number of aryl methyl sites for hydroxylation is 1. The summed E-state index contributed by atoms with van der Waals surface area (Å²) in [6, 6.07) is 7.41. The predicted molar refractivity (Wildman–Crippen MR) is 107 cm³/mol. The summed E-state index contributed by atoms with van der Waals surface area (Å²) in [5.74, 6) is 1.46. The summed E-state index contributed by atoms with van der Waals surface area (Å²) < 4.78 is 12.6. The quantitative estimate of drug-likeness (QED) is 0.663.